The van der Waals surface area contributed by atoms with Crippen molar-refractivity contribution in [1.29, 1.82) is 0 Å². The molecule has 0 N–H and O–H groups in total. The third-order valence-electron chi connectivity index (χ3n) is 5.82. The van der Waals surface area contributed by atoms with Gasteiger partial charge in [0.05, 0.1) is 22.7 Å². The Hall–Kier alpha value is -1.74. The molecule has 1 aromatic heterocycles. The molecule has 1 atom stereocenters. The summed E-state index contributed by atoms with van der Waals surface area (Å²) in [6, 6.07) is 7.39. The van der Waals surface area contributed by atoms with Crippen LogP contribution in [0.4, 0.5) is 0 Å². The zero-order valence-electron chi connectivity index (χ0n) is 15.9. The molecule has 1 fully saturated rings. The number of nitrogens with zero attached hydrogens (tertiary/aromatic N) is 3. The van der Waals surface area contributed by atoms with Gasteiger partial charge in [0.15, 0.2) is 0 Å². The first-order valence-corrected chi connectivity index (χ1v) is 10.6. The summed E-state index contributed by atoms with van der Waals surface area (Å²) >= 11 is 0. The second-order valence-corrected chi connectivity index (χ2v) is 9.19. The summed E-state index contributed by atoms with van der Waals surface area (Å²) in [6.45, 7) is 6.77. The van der Waals surface area contributed by atoms with Crippen molar-refractivity contribution < 1.29 is 17.7 Å². The summed E-state index contributed by atoms with van der Waals surface area (Å²) in [4.78, 5) is 2.73. The molecule has 3 heterocycles. The number of hydrogen-bond donors (Lipinski definition) is 0. The zero-order valence-corrected chi connectivity index (χ0v) is 16.8. The molecule has 2 aromatic rings. The molecular formula is C19H25N3O4S. The van der Waals surface area contributed by atoms with E-state index in [0.717, 1.165) is 35.5 Å². The van der Waals surface area contributed by atoms with Crippen molar-refractivity contribution in [3.05, 3.63) is 46.8 Å². The van der Waals surface area contributed by atoms with Crippen LogP contribution in [0.2, 0.25) is 0 Å². The van der Waals surface area contributed by atoms with Crippen molar-refractivity contribution in [1.82, 2.24) is 14.4 Å². The van der Waals surface area contributed by atoms with Crippen LogP contribution in [-0.4, -0.2) is 56.1 Å². The highest BCUT2D eigenvalue weighted by atomic mass is 32.2. The summed E-state index contributed by atoms with van der Waals surface area (Å²) in [5, 5.41) is 4.04. The van der Waals surface area contributed by atoms with E-state index in [-0.39, 0.29) is 0 Å². The molecule has 27 heavy (non-hydrogen) atoms. The molecule has 7 nitrogen and oxygen atoms in total. The number of likely N-dealkylation sites (tertiary alicyclic amines) is 1. The average molecular weight is 391 g/mol. The standard InChI is InChI=1S/C19H25N3O4S/c1-14-16(15(2)26-20-14)12-21-9-8-19(13-21)17-6-4-5-7-18(17)27(23,24)22(19)10-11-25-3/h4-7H,8-13H2,1-3H3. The van der Waals surface area contributed by atoms with Gasteiger partial charge in [-0.3, -0.25) is 4.90 Å². The number of hydrogen-bond acceptors (Lipinski definition) is 6. The van der Waals surface area contributed by atoms with Gasteiger partial charge in [-0.25, -0.2) is 8.42 Å². The predicted octanol–water partition coefficient (Wildman–Crippen LogP) is 2.04. The van der Waals surface area contributed by atoms with E-state index in [1.807, 2.05) is 26.0 Å². The van der Waals surface area contributed by atoms with E-state index < -0.39 is 15.6 Å². The van der Waals surface area contributed by atoms with Crippen LogP contribution in [0, 0.1) is 13.8 Å². The number of methoxy groups -OCH3 is 1. The van der Waals surface area contributed by atoms with Gasteiger partial charge >= 0.3 is 0 Å². The Morgan fingerprint density at radius 3 is 2.78 bits per heavy atom. The maximum Gasteiger partial charge on any atom is 0.244 e. The Kier molecular flexibility index (Phi) is 4.62. The minimum atomic E-state index is -3.52. The second kappa shape index (κ2) is 6.70. The number of benzene rings is 1. The zero-order chi connectivity index (χ0) is 19.2. The lowest BCUT2D eigenvalue weighted by molar-refractivity contribution is 0.129. The Bertz CT molecular complexity index is 936. The number of aromatic nitrogens is 1. The van der Waals surface area contributed by atoms with Gasteiger partial charge in [0.1, 0.15) is 5.76 Å². The summed E-state index contributed by atoms with van der Waals surface area (Å²) in [5.41, 5.74) is 2.35. The van der Waals surface area contributed by atoms with Crippen LogP contribution < -0.4 is 0 Å². The van der Waals surface area contributed by atoms with E-state index in [1.165, 1.54) is 0 Å². The van der Waals surface area contributed by atoms with Crippen LogP contribution in [-0.2, 0) is 26.8 Å². The third kappa shape index (κ3) is 2.82. The van der Waals surface area contributed by atoms with Crippen molar-refractivity contribution in [2.75, 3.05) is 33.4 Å². The van der Waals surface area contributed by atoms with Crippen LogP contribution in [0.25, 0.3) is 0 Å². The molecule has 0 aliphatic carbocycles. The van der Waals surface area contributed by atoms with E-state index in [2.05, 4.69) is 10.1 Å². The average Bonchev–Trinajstić information content (AvgIpc) is 3.26. The maximum atomic E-state index is 13.2. The lowest BCUT2D eigenvalue weighted by Crippen LogP contribution is -2.47. The number of rotatable bonds is 5. The van der Waals surface area contributed by atoms with Gasteiger partial charge in [-0.1, -0.05) is 23.4 Å². The van der Waals surface area contributed by atoms with Crippen LogP contribution in [0.5, 0.6) is 0 Å². The second-order valence-electron chi connectivity index (χ2n) is 7.36. The fourth-order valence-corrected chi connectivity index (χ4v) is 6.49. The summed E-state index contributed by atoms with van der Waals surface area (Å²) in [6.07, 6.45) is 0.760. The number of ether oxygens (including phenoxy) is 1. The largest absolute Gasteiger partial charge is 0.383 e. The van der Waals surface area contributed by atoms with Gasteiger partial charge in [-0.15, -0.1) is 0 Å². The molecule has 0 saturated carbocycles. The topological polar surface area (TPSA) is 75.9 Å². The lowest BCUT2D eigenvalue weighted by atomic mass is 9.89. The van der Waals surface area contributed by atoms with Crippen LogP contribution in [0.15, 0.2) is 33.7 Å². The fourth-order valence-electron chi connectivity index (χ4n) is 4.45. The fraction of sp³-hybridized carbons (Fsp3) is 0.526. The first-order chi connectivity index (χ1) is 12.9. The summed E-state index contributed by atoms with van der Waals surface area (Å²) in [5.74, 6) is 0.823. The molecule has 1 aromatic carbocycles. The van der Waals surface area contributed by atoms with Crippen LogP contribution in [0.1, 0.15) is 29.0 Å². The molecule has 1 saturated heterocycles. The van der Waals surface area contributed by atoms with Crippen molar-refractivity contribution >= 4 is 10.0 Å². The highest BCUT2D eigenvalue weighted by Crippen LogP contribution is 2.49. The molecule has 0 amide bonds. The highest BCUT2D eigenvalue weighted by Gasteiger charge is 2.56. The Balaban J connectivity index is 1.70. The third-order valence-corrected chi connectivity index (χ3v) is 7.85. The van der Waals surface area contributed by atoms with Crippen molar-refractivity contribution in [2.24, 2.45) is 0 Å². The van der Waals surface area contributed by atoms with Gasteiger partial charge in [-0.2, -0.15) is 4.31 Å². The molecule has 146 valence electrons. The molecule has 0 bridgehead atoms. The van der Waals surface area contributed by atoms with Gasteiger partial charge in [0, 0.05) is 38.9 Å². The summed E-state index contributed by atoms with van der Waals surface area (Å²) < 4.78 is 38.6. The Morgan fingerprint density at radius 2 is 2.07 bits per heavy atom. The minimum absolute atomic E-state index is 0.354. The maximum absolute atomic E-state index is 13.2. The molecule has 2 aliphatic rings. The van der Waals surface area contributed by atoms with Crippen LogP contribution >= 0.6 is 0 Å². The number of aryl methyl sites for hydroxylation is 2. The number of sulfonamides is 1. The normalized spacial score (nSPS) is 24.7. The van der Waals surface area contributed by atoms with Crippen molar-refractivity contribution in [2.45, 2.75) is 37.2 Å². The quantitative estimate of drug-likeness (QED) is 0.776. The first kappa shape index (κ1) is 18.6. The van der Waals surface area contributed by atoms with Gasteiger partial charge < -0.3 is 9.26 Å². The van der Waals surface area contributed by atoms with E-state index in [4.69, 9.17) is 9.26 Å². The first-order valence-electron chi connectivity index (χ1n) is 9.15. The smallest absolute Gasteiger partial charge is 0.244 e. The summed E-state index contributed by atoms with van der Waals surface area (Å²) in [7, 11) is -1.92. The van der Waals surface area contributed by atoms with Crippen LogP contribution in [0.3, 0.4) is 0 Å². The minimum Gasteiger partial charge on any atom is -0.383 e. The van der Waals surface area contributed by atoms with Gasteiger partial charge in [0.25, 0.3) is 0 Å². The SMILES string of the molecule is COCCN1C2(CCN(Cc3c(C)noc3C)C2)c2ccccc2S1(=O)=O. The molecule has 1 spiro atoms. The monoisotopic (exact) mass is 391 g/mol. The molecule has 4 rings (SSSR count). The van der Waals surface area contributed by atoms with Gasteiger partial charge in [0.2, 0.25) is 10.0 Å². The molecule has 0 radical (unpaired) electrons. The Labute approximate surface area is 159 Å². The van der Waals surface area contributed by atoms with Gasteiger partial charge in [-0.05, 0) is 31.9 Å². The highest BCUT2D eigenvalue weighted by molar-refractivity contribution is 7.89. The molecule has 1 unspecified atom stereocenters. The molecule has 8 heteroatoms. The van der Waals surface area contributed by atoms with Crippen molar-refractivity contribution in [3.63, 3.8) is 0 Å². The van der Waals surface area contributed by atoms with E-state index in [9.17, 15) is 8.42 Å². The number of fused-ring (bicyclic) bond motifs is 2. The van der Waals surface area contributed by atoms with Crippen molar-refractivity contribution in [3.8, 4) is 0 Å². The predicted molar refractivity (Wildman–Crippen MR) is 99.8 cm³/mol. The molecular weight excluding hydrogens is 366 g/mol. The molecule has 2 aliphatic heterocycles. The lowest BCUT2D eigenvalue weighted by Gasteiger charge is -2.34. The van der Waals surface area contributed by atoms with E-state index in [1.54, 1.807) is 23.5 Å². The Morgan fingerprint density at radius 1 is 1.30 bits per heavy atom. The van der Waals surface area contributed by atoms with E-state index >= 15 is 0 Å². The van der Waals surface area contributed by atoms with E-state index in [0.29, 0.717) is 31.1 Å².